The van der Waals surface area contributed by atoms with Crippen molar-refractivity contribution in [2.45, 2.75) is 43.9 Å². The van der Waals surface area contributed by atoms with Crippen LogP contribution in [0, 0.1) is 12.3 Å². The van der Waals surface area contributed by atoms with Crippen LogP contribution >= 0.6 is 0 Å². The van der Waals surface area contributed by atoms with Crippen LogP contribution in [-0.4, -0.2) is 60.6 Å². The Morgan fingerprint density at radius 2 is 2.07 bits per heavy atom. The number of rotatable bonds is 9. The summed E-state index contributed by atoms with van der Waals surface area (Å²) in [5.74, 6) is 2.69. The number of hydrogen-bond acceptors (Lipinski definition) is 5. The molecule has 0 radical (unpaired) electrons. The average molecular weight is 367 g/mol. The zero-order valence-electron chi connectivity index (χ0n) is 16.1. The van der Waals surface area contributed by atoms with Crippen LogP contribution in [-0.2, 0) is 11.3 Å². The average Bonchev–Trinajstić information content (AvgIpc) is 3.46. The van der Waals surface area contributed by atoms with Crippen LogP contribution in [0.3, 0.4) is 0 Å². The van der Waals surface area contributed by atoms with Gasteiger partial charge >= 0.3 is 0 Å². The molecule has 0 bridgehead atoms. The van der Waals surface area contributed by atoms with Gasteiger partial charge in [0.1, 0.15) is 0 Å². The standard InChI is InChI=1S/C21H29N5O/c1-3-4-11-21(23-24-21)12-10-20(27)22-15-19-17-25(2)13-14-26(19)16-18-8-6-5-7-9-18/h1,5-9,19H,4,10-17H2,2H3,(H,22,27). The molecule has 2 heterocycles. The van der Waals surface area contributed by atoms with Gasteiger partial charge in [-0.25, -0.2) is 0 Å². The number of terminal acetylenes is 1. The molecular weight excluding hydrogens is 338 g/mol. The fourth-order valence-corrected chi connectivity index (χ4v) is 3.57. The fourth-order valence-electron chi connectivity index (χ4n) is 3.57. The molecule has 0 aromatic heterocycles. The summed E-state index contributed by atoms with van der Waals surface area (Å²) in [6.07, 6.45) is 7.80. The Morgan fingerprint density at radius 1 is 1.30 bits per heavy atom. The van der Waals surface area contributed by atoms with Crippen LogP contribution < -0.4 is 5.32 Å². The van der Waals surface area contributed by atoms with E-state index in [0.717, 1.165) is 32.6 Å². The number of carbonyl (C=O) groups excluding carboxylic acids is 1. The summed E-state index contributed by atoms with van der Waals surface area (Å²) in [4.78, 5) is 17.1. The summed E-state index contributed by atoms with van der Waals surface area (Å²) in [6, 6.07) is 10.8. The molecule has 27 heavy (non-hydrogen) atoms. The van der Waals surface area contributed by atoms with Gasteiger partial charge in [-0.15, -0.1) is 12.3 Å². The first kappa shape index (κ1) is 19.5. The fraction of sp³-hybridized carbons (Fsp3) is 0.571. The smallest absolute Gasteiger partial charge is 0.220 e. The van der Waals surface area contributed by atoms with Crippen molar-refractivity contribution in [3.63, 3.8) is 0 Å². The van der Waals surface area contributed by atoms with Crippen LogP contribution in [0.25, 0.3) is 0 Å². The molecule has 1 amide bonds. The number of amides is 1. The summed E-state index contributed by atoms with van der Waals surface area (Å²) in [6.45, 7) is 4.62. The van der Waals surface area contributed by atoms with Crippen molar-refractivity contribution < 1.29 is 4.79 Å². The Labute approximate surface area is 162 Å². The van der Waals surface area contributed by atoms with Crippen LogP contribution in [0.5, 0.6) is 0 Å². The summed E-state index contributed by atoms with van der Waals surface area (Å²) in [7, 11) is 2.14. The summed E-state index contributed by atoms with van der Waals surface area (Å²) in [5.41, 5.74) is 0.930. The van der Waals surface area contributed by atoms with Gasteiger partial charge in [0, 0.05) is 64.4 Å². The van der Waals surface area contributed by atoms with Gasteiger partial charge in [0.05, 0.1) is 0 Å². The lowest BCUT2D eigenvalue weighted by molar-refractivity contribution is -0.121. The van der Waals surface area contributed by atoms with Crippen molar-refractivity contribution in [2.24, 2.45) is 10.2 Å². The molecule has 0 aliphatic carbocycles. The quantitative estimate of drug-likeness (QED) is 0.681. The molecule has 6 nitrogen and oxygen atoms in total. The molecule has 1 atom stereocenters. The Kier molecular flexibility index (Phi) is 6.59. The van der Waals surface area contributed by atoms with E-state index in [1.54, 1.807) is 0 Å². The Balaban J connectivity index is 1.45. The van der Waals surface area contributed by atoms with Gasteiger partial charge in [0.15, 0.2) is 5.66 Å². The molecule has 144 valence electrons. The first-order chi connectivity index (χ1) is 13.1. The molecule has 3 rings (SSSR count). The van der Waals surface area contributed by atoms with Gasteiger partial charge in [-0.2, -0.15) is 10.2 Å². The Bertz CT molecular complexity index is 690. The lowest BCUT2D eigenvalue weighted by Crippen LogP contribution is -2.55. The maximum Gasteiger partial charge on any atom is 0.220 e. The highest BCUT2D eigenvalue weighted by Crippen LogP contribution is 2.37. The largest absolute Gasteiger partial charge is 0.354 e. The highest BCUT2D eigenvalue weighted by Gasteiger charge is 2.39. The van der Waals surface area contributed by atoms with Gasteiger partial charge in [-0.1, -0.05) is 30.3 Å². The second-order valence-electron chi connectivity index (χ2n) is 7.56. The number of carbonyl (C=O) groups is 1. The lowest BCUT2D eigenvalue weighted by atomic mass is 10.0. The second-order valence-corrected chi connectivity index (χ2v) is 7.56. The van der Waals surface area contributed by atoms with Crippen LogP contribution in [0.1, 0.15) is 31.2 Å². The van der Waals surface area contributed by atoms with E-state index >= 15 is 0 Å². The van der Waals surface area contributed by atoms with Crippen LogP contribution in [0.15, 0.2) is 40.6 Å². The minimum Gasteiger partial charge on any atom is -0.354 e. The van der Waals surface area contributed by atoms with E-state index in [1.165, 1.54) is 5.56 Å². The molecule has 2 aliphatic heterocycles. The van der Waals surface area contributed by atoms with Crippen molar-refractivity contribution in [1.82, 2.24) is 15.1 Å². The molecule has 1 fully saturated rings. The van der Waals surface area contributed by atoms with Crippen molar-refractivity contribution in [3.8, 4) is 12.3 Å². The molecular formula is C21H29N5O. The Morgan fingerprint density at radius 3 is 2.78 bits per heavy atom. The third-order valence-corrected chi connectivity index (χ3v) is 5.38. The maximum atomic E-state index is 12.3. The molecule has 1 N–H and O–H groups in total. The van der Waals surface area contributed by atoms with Crippen LogP contribution in [0.4, 0.5) is 0 Å². The number of piperazine rings is 1. The molecule has 2 aliphatic rings. The summed E-state index contributed by atoms with van der Waals surface area (Å²) in [5, 5.41) is 11.3. The van der Waals surface area contributed by atoms with Crippen molar-refractivity contribution >= 4 is 5.91 Å². The minimum atomic E-state index is -0.381. The summed E-state index contributed by atoms with van der Waals surface area (Å²) >= 11 is 0. The van der Waals surface area contributed by atoms with Crippen LogP contribution in [0.2, 0.25) is 0 Å². The van der Waals surface area contributed by atoms with E-state index in [9.17, 15) is 4.79 Å². The maximum absolute atomic E-state index is 12.3. The zero-order chi connectivity index (χ0) is 19.1. The van der Waals surface area contributed by atoms with Gasteiger partial charge in [-0.05, 0) is 12.6 Å². The predicted molar refractivity (Wildman–Crippen MR) is 106 cm³/mol. The lowest BCUT2D eigenvalue weighted by Gasteiger charge is -2.40. The minimum absolute atomic E-state index is 0.0697. The number of hydrogen-bond donors (Lipinski definition) is 1. The first-order valence-corrected chi connectivity index (χ1v) is 9.71. The van der Waals surface area contributed by atoms with E-state index in [4.69, 9.17) is 6.42 Å². The third kappa shape index (κ3) is 5.88. The van der Waals surface area contributed by atoms with E-state index in [0.29, 0.717) is 31.8 Å². The number of benzene rings is 1. The van der Waals surface area contributed by atoms with Crippen molar-refractivity contribution in [1.29, 1.82) is 0 Å². The third-order valence-electron chi connectivity index (χ3n) is 5.38. The molecule has 6 heteroatoms. The van der Waals surface area contributed by atoms with Gasteiger partial charge in [0.25, 0.3) is 0 Å². The van der Waals surface area contributed by atoms with E-state index in [2.05, 4.69) is 62.6 Å². The molecule has 1 aromatic carbocycles. The zero-order valence-corrected chi connectivity index (χ0v) is 16.1. The summed E-state index contributed by atoms with van der Waals surface area (Å²) < 4.78 is 0. The van der Waals surface area contributed by atoms with Crippen molar-refractivity contribution in [2.75, 3.05) is 33.2 Å². The number of nitrogens with zero attached hydrogens (tertiary/aromatic N) is 4. The molecule has 0 saturated carbocycles. The molecule has 1 saturated heterocycles. The molecule has 1 unspecified atom stereocenters. The van der Waals surface area contributed by atoms with E-state index in [1.807, 2.05) is 6.07 Å². The second kappa shape index (κ2) is 9.12. The highest BCUT2D eigenvalue weighted by molar-refractivity contribution is 5.76. The predicted octanol–water partition coefficient (Wildman–Crippen LogP) is 2.27. The highest BCUT2D eigenvalue weighted by atomic mass is 16.1. The SMILES string of the molecule is C#CCCC1(CCC(=O)NCC2CN(C)CCN2Cc2ccccc2)N=N1. The van der Waals surface area contributed by atoms with E-state index in [-0.39, 0.29) is 11.6 Å². The van der Waals surface area contributed by atoms with Crippen molar-refractivity contribution in [3.05, 3.63) is 35.9 Å². The molecule has 1 aromatic rings. The van der Waals surface area contributed by atoms with Gasteiger partial charge < -0.3 is 10.2 Å². The monoisotopic (exact) mass is 367 g/mol. The first-order valence-electron chi connectivity index (χ1n) is 9.71. The Hall–Kier alpha value is -2.23. The topological polar surface area (TPSA) is 60.3 Å². The van der Waals surface area contributed by atoms with Gasteiger partial charge in [0.2, 0.25) is 5.91 Å². The normalized spacial score (nSPS) is 21.6. The number of nitrogens with one attached hydrogen (secondary N) is 1. The van der Waals surface area contributed by atoms with E-state index < -0.39 is 0 Å². The molecule has 0 spiro atoms. The number of likely N-dealkylation sites (N-methyl/N-ethyl adjacent to an activating group) is 1. The van der Waals surface area contributed by atoms with Gasteiger partial charge in [-0.3, -0.25) is 9.69 Å².